The van der Waals surface area contributed by atoms with Crippen molar-refractivity contribution < 1.29 is 45.4 Å². The minimum atomic E-state index is -4.36. The van der Waals surface area contributed by atoms with Gasteiger partial charge in [0.25, 0.3) is 11.8 Å². The zero-order valence-corrected chi connectivity index (χ0v) is 28.7. The number of amides is 2. The van der Waals surface area contributed by atoms with Gasteiger partial charge in [-0.3, -0.25) is 14.6 Å². The summed E-state index contributed by atoms with van der Waals surface area (Å²) in [5, 5.41) is 13.8. The summed E-state index contributed by atoms with van der Waals surface area (Å²) in [5.41, 5.74) is 0.923. The SMILES string of the molecule is Cc1cc(C(=O)N2CCC(C)(O)CC2)cc(C)c1/C=C/S(=O)(=O)N1CCC2(CC1)N=C(c1ccc(OCC(F)(F)C(F)F)c(Cl)c1)NC2=O. The zero-order valence-electron chi connectivity index (χ0n) is 27.1. The van der Waals surface area contributed by atoms with Gasteiger partial charge in [0.15, 0.2) is 6.61 Å². The van der Waals surface area contributed by atoms with E-state index >= 15 is 0 Å². The van der Waals surface area contributed by atoms with Gasteiger partial charge in [-0.2, -0.15) is 13.1 Å². The second-order valence-corrected chi connectivity index (χ2v) is 15.2. The number of likely N-dealkylation sites (tertiary alicyclic amines) is 1. The molecule has 3 aliphatic heterocycles. The lowest BCUT2D eigenvalue weighted by Gasteiger charge is -2.36. The molecule has 0 aliphatic carbocycles. The van der Waals surface area contributed by atoms with Crippen LogP contribution in [0, 0.1) is 13.8 Å². The molecule has 2 amide bonds. The number of nitrogens with zero attached hydrogens (tertiary/aromatic N) is 3. The van der Waals surface area contributed by atoms with Gasteiger partial charge in [0, 0.05) is 42.7 Å². The standard InChI is InChI=1S/C33H37ClF4N4O6S/c1-20-16-23(28(43)41-11-7-31(3,45)8-12-41)17-21(2)24(20)6-15-49(46,47)42-13-9-32(10-14-42)30(44)39-27(40-32)22-4-5-26(25(34)18-22)48-19-33(37,38)29(35)36/h4-6,15-18,29,45H,7-14,19H2,1-3H3,(H,39,40,44)/b15-6+. The average Bonchev–Trinajstić information content (AvgIpc) is 3.34. The lowest BCUT2D eigenvalue weighted by molar-refractivity contribution is -0.148. The molecule has 2 aromatic rings. The molecule has 3 aliphatic rings. The van der Waals surface area contributed by atoms with E-state index in [2.05, 4.69) is 10.3 Å². The summed E-state index contributed by atoms with van der Waals surface area (Å²) in [7, 11) is -3.89. The van der Waals surface area contributed by atoms with Crippen LogP contribution in [0.4, 0.5) is 17.6 Å². The van der Waals surface area contributed by atoms with E-state index in [9.17, 15) is 40.7 Å². The summed E-state index contributed by atoms with van der Waals surface area (Å²) in [6.07, 6.45) is -1.24. The Morgan fingerprint density at radius 3 is 2.29 bits per heavy atom. The quantitative estimate of drug-likeness (QED) is 0.353. The summed E-state index contributed by atoms with van der Waals surface area (Å²) in [6, 6.07) is 7.34. The number of sulfonamides is 1. The topological polar surface area (TPSA) is 129 Å². The maximum absolute atomic E-state index is 13.3. The Labute approximate surface area is 286 Å². The van der Waals surface area contributed by atoms with Gasteiger partial charge in [-0.1, -0.05) is 11.6 Å². The van der Waals surface area contributed by atoms with Crippen LogP contribution in [0.3, 0.4) is 0 Å². The summed E-state index contributed by atoms with van der Waals surface area (Å²) >= 11 is 6.13. The highest BCUT2D eigenvalue weighted by Crippen LogP contribution is 2.35. The van der Waals surface area contributed by atoms with Crippen LogP contribution in [0.15, 0.2) is 40.7 Å². The first kappa shape index (κ1) is 36.7. The monoisotopic (exact) mass is 728 g/mol. The van der Waals surface area contributed by atoms with Crippen molar-refractivity contribution in [2.24, 2.45) is 4.99 Å². The van der Waals surface area contributed by atoms with E-state index in [1.165, 1.54) is 28.6 Å². The first-order valence-corrected chi connectivity index (χ1v) is 17.5. The molecule has 0 aromatic heterocycles. The van der Waals surface area contributed by atoms with Gasteiger partial charge < -0.3 is 20.1 Å². The molecular weight excluding hydrogens is 692 g/mol. The normalized spacial score (nSPS) is 19.8. The molecule has 49 heavy (non-hydrogen) atoms. The molecule has 266 valence electrons. The van der Waals surface area contributed by atoms with Crippen LogP contribution in [0.1, 0.15) is 65.2 Å². The van der Waals surface area contributed by atoms with E-state index in [-0.39, 0.29) is 48.4 Å². The van der Waals surface area contributed by atoms with E-state index in [1.54, 1.807) is 37.8 Å². The van der Waals surface area contributed by atoms with E-state index in [1.807, 2.05) is 0 Å². The third kappa shape index (κ3) is 7.95. The maximum Gasteiger partial charge on any atom is 0.340 e. The first-order chi connectivity index (χ1) is 22.8. The average molecular weight is 729 g/mol. The first-order valence-electron chi connectivity index (χ1n) is 15.6. The number of hydrogen-bond acceptors (Lipinski definition) is 7. The van der Waals surface area contributed by atoms with E-state index in [0.29, 0.717) is 42.6 Å². The van der Waals surface area contributed by atoms with Crippen molar-refractivity contribution in [3.05, 3.63) is 68.6 Å². The molecule has 1 spiro atoms. The van der Waals surface area contributed by atoms with Crippen LogP contribution in [0.2, 0.25) is 5.02 Å². The Bertz CT molecular complexity index is 1780. The van der Waals surface area contributed by atoms with Crippen LogP contribution in [0.5, 0.6) is 5.75 Å². The van der Waals surface area contributed by atoms with Gasteiger partial charge in [-0.25, -0.2) is 17.2 Å². The number of aliphatic hydroxyl groups is 1. The van der Waals surface area contributed by atoms with Gasteiger partial charge in [-0.05, 0) is 99.6 Å². The Hall–Kier alpha value is -3.53. The number of alkyl halides is 4. The summed E-state index contributed by atoms with van der Waals surface area (Å²) in [6.45, 7) is 4.71. The van der Waals surface area contributed by atoms with Crippen molar-refractivity contribution in [2.75, 3.05) is 32.8 Å². The molecule has 3 heterocycles. The minimum Gasteiger partial charge on any atom is -0.486 e. The van der Waals surface area contributed by atoms with Gasteiger partial charge in [0.05, 0.1) is 10.6 Å². The van der Waals surface area contributed by atoms with Crippen LogP contribution in [-0.2, 0) is 14.8 Å². The molecule has 16 heteroatoms. The van der Waals surface area contributed by atoms with E-state index < -0.39 is 46.0 Å². The van der Waals surface area contributed by atoms with Gasteiger partial charge in [0.1, 0.15) is 17.1 Å². The number of rotatable bonds is 9. The second-order valence-electron chi connectivity index (χ2n) is 13.0. The number of amidine groups is 1. The van der Waals surface area contributed by atoms with Crippen LogP contribution in [-0.4, -0.2) is 96.7 Å². The summed E-state index contributed by atoms with van der Waals surface area (Å²) in [4.78, 5) is 32.4. The number of carbonyl (C=O) groups is 2. The molecule has 2 aromatic carbocycles. The Morgan fingerprint density at radius 1 is 1.10 bits per heavy atom. The Kier molecular flexibility index (Phi) is 10.2. The summed E-state index contributed by atoms with van der Waals surface area (Å²) < 4.78 is 84.1. The molecule has 0 bridgehead atoms. The Balaban J connectivity index is 1.23. The lowest BCUT2D eigenvalue weighted by Crippen LogP contribution is -2.50. The minimum absolute atomic E-state index is 0.0108. The van der Waals surface area contributed by atoms with Crippen molar-refractivity contribution in [3.8, 4) is 5.75 Å². The number of nitrogens with one attached hydrogen (secondary N) is 1. The highest BCUT2D eigenvalue weighted by atomic mass is 35.5. The predicted octanol–water partition coefficient (Wildman–Crippen LogP) is 4.93. The second kappa shape index (κ2) is 13.6. The third-order valence-electron chi connectivity index (χ3n) is 9.21. The number of hydrogen-bond donors (Lipinski definition) is 2. The summed E-state index contributed by atoms with van der Waals surface area (Å²) in [5.74, 6) is -5.04. The molecule has 5 rings (SSSR count). The molecule has 0 radical (unpaired) electrons. The number of aliphatic imine (C=N–C) groups is 1. The molecule has 0 saturated carbocycles. The van der Waals surface area contributed by atoms with Crippen molar-refractivity contribution in [2.45, 2.75) is 69.9 Å². The predicted molar refractivity (Wildman–Crippen MR) is 176 cm³/mol. The number of piperidine rings is 2. The fraction of sp³-hybridized carbons (Fsp3) is 0.485. The highest BCUT2D eigenvalue weighted by molar-refractivity contribution is 7.92. The van der Waals surface area contributed by atoms with Crippen LogP contribution in [0.25, 0.3) is 6.08 Å². The van der Waals surface area contributed by atoms with Crippen molar-refractivity contribution in [1.29, 1.82) is 0 Å². The number of ether oxygens (including phenoxy) is 1. The van der Waals surface area contributed by atoms with Crippen LogP contribution < -0.4 is 10.1 Å². The van der Waals surface area contributed by atoms with Crippen molar-refractivity contribution >= 4 is 45.4 Å². The largest absolute Gasteiger partial charge is 0.486 e. The molecule has 2 N–H and O–H groups in total. The van der Waals surface area contributed by atoms with Crippen molar-refractivity contribution in [1.82, 2.24) is 14.5 Å². The number of halogens is 5. The van der Waals surface area contributed by atoms with E-state index in [4.69, 9.17) is 16.3 Å². The number of aryl methyl sites for hydroxylation is 2. The third-order valence-corrected chi connectivity index (χ3v) is 11.1. The maximum atomic E-state index is 13.3. The van der Waals surface area contributed by atoms with E-state index in [0.717, 1.165) is 16.5 Å². The zero-order chi connectivity index (χ0) is 35.9. The number of benzene rings is 2. The van der Waals surface area contributed by atoms with Gasteiger partial charge in [-0.15, -0.1) is 0 Å². The Morgan fingerprint density at radius 2 is 1.71 bits per heavy atom. The van der Waals surface area contributed by atoms with Crippen LogP contribution >= 0.6 is 11.6 Å². The van der Waals surface area contributed by atoms with Gasteiger partial charge in [0.2, 0.25) is 10.0 Å². The molecular formula is C33H37ClF4N4O6S. The fourth-order valence-corrected chi connectivity index (χ4v) is 7.49. The molecule has 0 atom stereocenters. The van der Waals surface area contributed by atoms with Crippen molar-refractivity contribution in [3.63, 3.8) is 0 Å². The molecule has 0 unspecified atom stereocenters. The smallest absolute Gasteiger partial charge is 0.340 e. The van der Waals surface area contributed by atoms with Gasteiger partial charge >= 0.3 is 12.3 Å². The molecule has 2 saturated heterocycles. The lowest BCUT2D eigenvalue weighted by atomic mass is 9.89. The molecule has 10 nitrogen and oxygen atoms in total. The number of carbonyl (C=O) groups excluding carboxylic acids is 2. The highest BCUT2D eigenvalue weighted by Gasteiger charge is 2.47. The molecule has 2 fully saturated rings. The fourth-order valence-electron chi connectivity index (χ4n) is 6.08.